The van der Waals surface area contributed by atoms with Crippen LogP contribution < -0.4 is 10.3 Å². The molecule has 0 unspecified atom stereocenters. The maximum atomic E-state index is 13.0. The molecule has 2 aromatic heterocycles. The van der Waals surface area contributed by atoms with E-state index in [4.69, 9.17) is 0 Å². The molecule has 0 fully saturated rings. The summed E-state index contributed by atoms with van der Waals surface area (Å²) in [6.07, 6.45) is 0. The molecule has 0 saturated heterocycles. The molecule has 0 aliphatic heterocycles. The van der Waals surface area contributed by atoms with E-state index in [0.29, 0.717) is 22.4 Å². The van der Waals surface area contributed by atoms with Crippen LogP contribution in [0.25, 0.3) is 16.7 Å². The molecule has 0 amide bonds. The maximum absolute atomic E-state index is 13.0. The van der Waals surface area contributed by atoms with Crippen molar-refractivity contribution in [1.29, 1.82) is 0 Å². The summed E-state index contributed by atoms with van der Waals surface area (Å²) in [7, 11) is -2.28. The van der Waals surface area contributed by atoms with Crippen molar-refractivity contribution in [3.8, 4) is 5.69 Å². The molecule has 138 valence electrons. The topological polar surface area (TPSA) is 98.9 Å². The minimum absolute atomic E-state index is 0.0133. The molecular formula is C17H15N5O3SSe. The van der Waals surface area contributed by atoms with Gasteiger partial charge in [-0.2, -0.15) is 0 Å². The van der Waals surface area contributed by atoms with Crippen molar-refractivity contribution >= 4 is 41.7 Å². The zero-order chi connectivity index (χ0) is 19.2. The molecular weight excluding hydrogens is 433 g/mol. The van der Waals surface area contributed by atoms with E-state index in [1.807, 2.05) is 18.2 Å². The first-order valence-corrected chi connectivity index (χ1v) is 11.0. The van der Waals surface area contributed by atoms with Crippen molar-refractivity contribution in [2.75, 3.05) is 4.72 Å². The second kappa shape index (κ2) is 6.49. The summed E-state index contributed by atoms with van der Waals surface area (Å²) < 4.78 is 39.8. The van der Waals surface area contributed by atoms with Gasteiger partial charge in [-0.15, -0.1) is 0 Å². The van der Waals surface area contributed by atoms with Gasteiger partial charge >= 0.3 is 161 Å². The van der Waals surface area contributed by atoms with Crippen molar-refractivity contribution in [1.82, 2.24) is 17.3 Å². The van der Waals surface area contributed by atoms with Gasteiger partial charge in [0.1, 0.15) is 0 Å². The zero-order valence-corrected chi connectivity index (χ0v) is 17.0. The summed E-state index contributed by atoms with van der Waals surface area (Å²) in [6.45, 7) is 1.69. The van der Waals surface area contributed by atoms with Crippen LogP contribution in [-0.4, -0.2) is 40.7 Å². The Hall–Kier alpha value is -2.68. The number of anilines is 1. The molecule has 27 heavy (non-hydrogen) atoms. The molecule has 8 nitrogen and oxygen atoms in total. The summed E-state index contributed by atoms with van der Waals surface area (Å²) in [5, 5.41) is 0. The van der Waals surface area contributed by atoms with Gasteiger partial charge in [0.25, 0.3) is 0 Å². The second-order valence-corrected chi connectivity index (χ2v) is 8.69. The number of fused-ring (bicyclic) bond motifs is 1. The number of aromatic nitrogens is 4. The Morgan fingerprint density at radius 1 is 1.04 bits per heavy atom. The van der Waals surface area contributed by atoms with Crippen LogP contribution in [-0.2, 0) is 17.1 Å². The number of rotatable bonds is 4. The molecule has 1 N–H and O–H groups in total. The average molecular weight is 448 g/mol. The number of nitrogens with zero attached hydrogens (tertiary/aromatic N) is 4. The van der Waals surface area contributed by atoms with Crippen LogP contribution in [0.1, 0.15) is 5.69 Å². The number of sulfonamides is 1. The predicted molar refractivity (Wildman–Crippen MR) is 103 cm³/mol. The van der Waals surface area contributed by atoms with Gasteiger partial charge < -0.3 is 0 Å². The van der Waals surface area contributed by atoms with E-state index in [1.54, 1.807) is 42.9 Å². The third kappa shape index (κ3) is 2.91. The van der Waals surface area contributed by atoms with Gasteiger partial charge in [0.05, 0.1) is 0 Å². The van der Waals surface area contributed by atoms with Gasteiger partial charge in [0, 0.05) is 0 Å². The molecule has 0 bridgehead atoms. The third-order valence-corrected chi connectivity index (χ3v) is 6.85. The van der Waals surface area contributed by atoms with Gasteiger partial charge in [-0.3, -0.25) is 0 Å². The first-order valence-electron chi connectivity index (χ1n) is 7.98. The van der Waals surface area contributed by atoms with Gasteiger partial charge in [-0.25, -0.2) is 0 Å². The molecule has 0 aliphatic carbocycles. The molecule has 4 rings (SSSR count). The van der Waals surface area contributed by atoms with Crippen molar-refractivity contribution in [2.24, 2.45) is 7.05 Å². The molecule has 0 spiro atoms. The Balaban J connectivity index is 1.84. The van der Waals surface area contributed by atoms with Gasteiger partial charge in [-0.05, 0) is 0 Å². The van der Waals surface area contributed by atoms with Crippen molar-refractivity contribution in [2.45, 2.75) is 11.8 Å². The SMILES string of the molecule is Cc1c(NS(=O)(=O)c2cccc3n[se]nc23)c(=O)n(-c2ccccc2)n1C. The summed E-state index contributed by atoms with van der Waals surface area (Å²) in [6, 6.07) is 13.9. The van der Waals surface area contributed by atoms with Crippen LogP contribution >= 0.6 is 0 Å². The molecule has 2 aromatic carbocycles. The van der Waals surface area contributed by atoms with Crippen molar-refractivity contribution < 1.29 is 8.42 Å². The third-order valence-electron chi connectivity index (χ3n) is 4.33. The molecule has 0 aliphatic rings. The monoisotopic (exact) mass is 449 g/mol. The molecule has 2 heterocycles. The molecule has 0 saturated carbocycles. The molecule has 10 heteroatoms. The Kier molecular flexibility index (Phi) is 4.26. The Morgan fingerprint density at radius 2 is 1.78 bits per heavy atom. The standard InChI is InChI=1S/C17H15N5O3SSe/c1-11-15(17(23)22(21(11)2)12-7-4-3-5-8-12)18-26(24,25)14-10-6-9-13-16(14)20-27-19-13/h3-10,18H,1-2H3. The van der Waals surface area contributed by atoms with E-state index in [2.05, 4.69) is 12.7 Å². The van der Waals surface area contributed by atoms with E-state index in [1.165, 1.54) is 10.7 Å². The first kappa shape index (κ1) is 17.7. The number of benzene rings is 2. The zero-order valence-electron chi connectivity index (χ0n) is 14.4. The number of hydrogen-bond donors (Lipinski definition) is 1. The number of hydrogen-bond acceptors (Lipinski definition) is 5. The van der Waals surface area contributed by atoms with Crippen LogP contribution in [0.5, 0.6) is 0 Å². The van der Waals surface area contributed by atoms with Gasteiger partial charge in [-0.1, -0.05) is 0 Å². The van der Waals surface area contributed by atoms with Crippen LogP contribution in [0.3, 0.4) is 0 Å². The van der Waals surface area contributed by atoms with Crippen LogP contribution in [0.2, 0.25) is 0 Å². The van der Waals surface area contributed by atoms with Gasteiger partial charge in [0.15, 0.2) is 0 Å². The summed E-state index contributed by atoms with van der Waals surface area (Å²) in [5.74, 6) is 0. The van der Waals surface area contributed by atoms with E-state index in [9.17, 15) is 13.2 Å². The summed E-state index contributed by atoms with van der Waals surface area (Å²) in [4.78, 5) is 13.0. The number of para-hydroxylation sites is 1. The Morgan fingerprint density at radius 3 is 2.52 bits per heavy atom. The summed E-state index contributed by atoms with van der Waals surface area (Å²) in [5.41, 5.74) is 1.63. The fourth-order valence-corrected chi connectivity index (χ4v) is 5.43. The first-order chi connectivity index (χ1) is 12.9. The van der Waals surface area contributed by atoms with E-state index >= 15 is 0 Å². The normalized spacial score (nSPS) is 11.8. The van der Waals surface area contributed by atoms with Crippen molar-refractivity contribution in [3.05, 3.63) is 64.6 Å². The molecule has 4 aromatic rings. The summed E-state index contributed by atoms with van der Waals surface area (Å²) >= 11 is -0.351. The van der Waals surface area contributed by atoms with E-state index in [0.717, 1.165) is 0 Å². The minimum atomic E-state index is -3.99. The van der Waals surface area contributed by atoms with Crippen molar-refractivity contribution in [3.63, 3.8) is 0 Å². The fraction of sp³-hybridized carbons (Fsp3) is 0.118. The number of nitrogens with one attached hydrogen (secondary N) is 1. The second-order valence-electron chi connectivity index (χ2n) is 5.93. The average Bonchev–Trinajstić information content (AvgIpc) is 3.21. The Bertz CT molecular complexity index is 1310. The predicted octanol–water partition coefficient (Wildman–Crippen LogP) is 1.29. The fourth-order valence-electron chi connectivity index (χ4n) is 2.87. The molecule has 0 radical (unpaired) electrons. The van der Waals surface area contributed by atoms with E-state index < -0.39 is 15.6 Å². The van der Waals surface area contributed by atoms with Gasteiger partial charge in [0.2, 0.25) is 0 Å². The quantitative estimate of drug-likeness (QED) is 0.475. The van der Waals surface area contributed by atoms with E-state index in [-0.39, 0.29) is 25.5 Å². The van der Waals surface area contributed by atoms with Crippen LogP contribution in [0.4, 0.5) is 5.69 Å². The molecule has 0 atom stereocenters. The Labute approximate surface area is 161 Å². The van der Waals surface area contributed by atoms with Crippen LogP contribution in [0.15, 0.2) is 58.2 Å². The van der Waals surface area contributed by atoms with Crippen LogP contribution in [0, 0.1) is 6.92 Å².